The summed E-state index contributed by atoms with van der Waals surface area (Å²) in [6.07, 6.45) is 8.04. The molecule has 2 aliphatic rings. The van der Waals surface area contributed by atoms with Crippen LogP contribution in [0, 0.1) is 6.92 Å². The van der Waals surface area contributed by atoms with Crippen LogP contribution in [0.3, 0.4) is 0 Å². The van der Waals surface area contributed by atoms with Gasteiger partial charge in [0.15, 0.2) is 0 Å². The van der Waals surface area contributed by atoms with E-state index in [1.165, 1.54) is 54.3 Å². The number of likely N-dealkylation sites (tertiary alicyclic amines) is 1. The number of benzene rings is 1. The summed E-state index contributed by atoms with van der Waals surface area (Å²) >= 11 is 1.75. The van der Waals surface area contributed by atoms with Crippen LogP contribution < -0.4 is 4.74 Å². The topological polar surface area (TPSA) is 50.5 Å². The van der Waals surface area contributed by atoms with Crippen molar-refractivity contribution in [3.63, 3.8) is 0 Å². The average molecular weight is 440 g/mol. The molecule has 3 aromatic rings. The summed E-state index contributed by atoms with van der Waals surface area (Å²) in [5.74, 6) is 0.959. The number of aliphatic hydroxyl groups excluding tert-OH is 1. The molecule has 5 rings (SSSR count). The van der Waals surface area contributed by atoms with Crippen molar-refractivity contribution >= 4 is 22.2 Å². The molecule has 5 nitrogen and oxygen atoms in total. The van der Waals surface area contributed by atoms with Crippen LogP contribution in [0.4, 0.5) is 0 Å². The minimum absolute atomic E-state index is 0.134. The quantitative estimate of drug-likeness (QED) is 0.567. The van der Waals surface area contributed by atoms with Gasteiger partial charge in [0.05, 0.1) is 24.4 Å². The first-order valence-electron chi connectivity index (χ1n) is 11.7. The zero-order valence-corrected chi connectivity index (χ0v) is 19.5. The predicted molar refractivity (Wildman–Crippen MR) is 127 cm³/mol. The maximum atomic E-state index is 9.78. The number of fused-ring (bicyclic) bond motifs is 1. The lowest BCUT2D eigenvalue weighted by Gasteiger charge is -2.28. The van der Waals surface area contributed by atoms with Crippen molar-refractivity contribution in [1.29, 1.82) is 0 Å². The fourth-order valence-corrected chi connectivity index (χ4v) is 6.41. The van der Waals surface area contributed by atoms with E-state index in [-0.39, 0.29) is 6.10 Å². The van der Waals surface area contributed by atoms with Crippen molar-refractivity contribution in [1.82, 2.24) is 14.5 Å². The zero-order chi connectivity index (χ0) is 21.4. The maximum Gasteiger partial charge on any atom is 0.143 e. The van der Waals surface area contributed by atoms with Crippen molar-refractivity contribution in [3.8, 4) is 16.3 Å². The Kier molecular flexibility index (Phi) is 6.04. The number of ether oxygens (including phenoxy) is 1. The highest BCUT2D eigenvalue weighted by Gasteiger charge is 2.26. The molecule has 6 heteroatoms. The van der Waals surface area contributed by atoms with E-state index in [0.29, 0.717) is 6.04 Å². The first-order valence-corrected chi connectivity index (χ1v) is 12.6. The van der Waals surface area contributed by atoms with Gasteiger partial charge in [-0.2, -0.15) is 0 Å². The Morgan fingerprint density at radius 1 is 1.13 bits per heavy atom. The van der Waals surface area contributed by atoms with Gasteiger partial charge in [-0.15, -0.1) is 11.3 Å². The third kappa shape index (κ3) is 4.01. The van der Waals surface area contributed by atoms with Crippen LogP contribution in [0.5, 0.6) is 5.75 Å². The summed E-state index contributed by atoms with van der Waals surface area (Å²) in [5.41, 5.74) is 4.95. The largest absolute Gasteiger partial charge is 0.495 e. The molecule has 1 aliphatic carbocycles. The summed E-state index contributed by atoms with van der Waals surface area (Å²) in [4.78, 5) is 7.49. The number of hydrogen-bond acceptors (Lipinski definition) is 5. The van der Waals surface area contributed by atoms with Crippen LogP contribution in [-0.4, -0.2) is 45.9 Å². The minimum Gasteiger partial charge on any atom is -0.495 e. The van der Waals surface area contributed by atoms with Gasteiger partial charge in [-0.3, -0.25) is 4.90 Å². The minimum atomic E-state index is -0.134. The highest BCUT2D eigenvalue weighted by Crippen LogP contribution is 2.44. The number of piperidine rings is 1. The van der Waals surface area contributed by atoms with Crippen LogP contribution >= 0.6 is 11.3 Å². The predicted octanol–water partition coefficient (Wildman–Crippen LogP) is 5.54. The Morgan fingerprint density at radius 2 is 1.90 bits per heavy atom. The second-order valence-electron chi connectivity index (χ2n) is 9.13. The normalized spacial score (nSPS) is 19.3. The van der Waals surface area contributed by atoms with E-state index in [4.69, 9.17) is 9.72 Å². The number of aliphatic hydroxyl groups is 1. The molecule has 1 aliphatic heterocycles. The number of aromatic nitrogens is 2. The first kappa shape index (κ1) is 21.0. The Morgan fingerprint density at radius 3 is 2.65 bits per heavy atom. The van der Waals surface area contributed by atoms with Crippen LogP contribution in [0.2, 0.25) is 0 Å². The van der Waals surface area contributed by atoms with Crippen molar-refractivity contribution < 1.29 is 9.84 Å². The van der Waals surface area contributed by atoms with E-state index in [1.807, 2.05) is 0 Å². The van der Waals surface area contributed by atoms with E-state index in [2.05, 4.69) is 40.0 Å². The molecule has 166 valence electrons. The lowest BCUT2D eigenvalue weighted by atomic mass is 9.95. The summed E-state index contributed by atoms with van der Waals surface area (Å²) in [5, 5.41) is 14.4. The van der Waals surface area contributed by atoms with Crippen molar-refractivity contribution in [2.75, 3.05) is 20.2 Å². The van der Waals surface area contributed by atoms with E-state index in [9.17, 15) is 5.11 Å². The number of thiazole rings is 1. The van der Waals surface area contributed by atoms with Crippen LogP contribution in [-0.2, 0) is 6.54 Å². The summed E-state index contributed by atoms with van der Waals surface area (Å²) in [6.45, 7) is 5.03. The number of para-hydroxylation sites is 1. The molecule has 1 saturated carbocycles. The molecule has 2 aromatic heterocycles. The van der Waals surface area contributed by atoms with Crippen LogP contribution in [0.1, 0.15) is 62.4 Å². The SMILES string of the molecule is COc1cccc2c(-c3nc(CN4CCC(O)CC4)cs3)c(C)n(C3CCCCC3)c12. The summed E-state index contributed by atoms with van der Waals surface area (Å²) in [7, 11) is 1.78. The van der Waals surface area contributed by atoms with E-state index in [1.54, 1.807) is 18.4 Å². The summed E-state index contributed by atoms with van der Waals surface area (Å²) < 4.78 is 8.36. The van der Waals surface area contributed by atoms with Crippen molar-refractivity contribution in [2.24, 2.45) is 0 Å². The maximum absolute atomic E-state index is 9.78. The number of rotatable bonds is 5. The van der Waals surface area contributed by atoms with Gasteiger partial charge in [0.1, 0.15) is 10.8 Å². The molecule has 0 amide bonds. The van der Waals surface area contributed by atoms with Gasteiger partial charge >= 0.3 is 0 Å². The third-order valence-corrected chi connectivity index (χ3v) is 8.01. The van der Waals surface area contributed by atoms with Gasteiger partial charge in [-0.05, 0) is 38.7 Å². The lowest BCUT2D eigenvalue weighted by Crippen LogP contribution is -2.35. The second-order valence-corrected chi connectivity index (χ2v) is 9.99. The summed E-state index contributed by atoms with van der Waals surface area (Å²) in [6, 6.07) is 6.96. The van der Waals surface area contributed by atoms with Gasteiger partial charge in [0.25, 0.3) is 0 Å². The lowest BCUT2D eigenvalue weighted by molar-refractivity contribution is 0.0787. The van der Waals surface area contributed by atoms with E-state index < -0.39 is 0 Å². The molecule has 1 saturated heterocycles. The second kappa shape index (κ2) is 8.93. The van der Waals surface area contributed by atoms with Gasteiger partial charge < -0.3 is 14.4 Å². The molecule has 2 fully saturated rings. The van der Waals surface area contributed by atoms with Gasteiger partial charge in [-0.1, -0.05) is 31.4 Å². The molecule has 1 aromatic carbocycles. The molecule has 0 radical (unpaired) electrons. The molecule has 3 heterocycles. The molecule has 0 bridgehead atoms. The molecule has 0 spiro atoms. The monoisotopic (exact) mass is 439 g/mol. The molecular formula is C25H33N3O2S. The van der Waals surface area contributed by atoms with Crippen LogP contribution in [0.15, 0.2) is 23.6 Å². The zero-order valence-electron chi connectivity index (χ0n) is 18.6. The smallest absolute Gasteiger partial charge is 0.143 e. The van der Waals surface area contributed by atoms with Crippen molar-refractivity contribution in [2.45, 2.75) is 70.6 Å². The fourth-order valence-electron chi connectivity index (χ4n) is 5.49. The Hall–Kier alpha value is -1.89. The molecule has 1 N–H and O–H groups in total. The van der Waals surface area contributed by atoms with Crippen molar-refractivity contribution in [3.05, 3.63) is 35.0 Å². The third-order valence-electron chi connectivity index (χ3n) is 7.10. The Labute approximate surface area is 188 Å². The number of methoxy groups -OCH3 is 1. The highest BCUT2D eigenvalue weighted by atomic mass is 32.1. The highest BCUT2D eigenvalue weighted by molar-refractivity contribution is 7.13. The Balaban J connectivity index is 1.53. The molecule has 0 atom stereocenters. The molecular weight excluding hydrogens is 406 g/mol. The molecule has 31 heavy (non-hydrogen) atoms. The van der Waals surface area contributed by atoms with E-state index >= 15 is 0 Å². The fraction of sp³-hybridized carbons (Fsp3) is 0.560. The van der Waals surface area contributed by atoms with Gasteiger partial charge in [0.2, 0.25) is 0 Å². The molecule has 0 unspecified atom stereocenters. The van der Waals surface area contributed by atoms with Gasteiger partial charge in [-0.25, -0.2) is 4.98 Å². The van der Waals surface area contributed by atoms with Crippen LogP contribution in [0.25, 0.3) is 21.5 Å². The van der Waals surface area contributed by atoms with Gasteiger partial charge in [0, 0.05) is 47.7 Å². The number of nitrogens with zero attached hydrogens (tertiary/aromatic N) is 3. The Bertz CT molecular complexity index is 1040. The number of hydrogen-bond donors (Lipinski definition) is 1. The average Bonchev–Trinajstić information content (AvgIpc) is 3.36. The first-order chi connectivity index (χ1) is 15.2. The standard InChI is InChI=1S/C25H33N3O2S/c1-17-23(25-26-18(16-31-25)15-27-13-11-20(29)12-14-27)21-9-6-10-22(30-2)24(21)28(17)19-7-4-3-5-8-19/h6,9-10,16,19-20,29H,3-5,7-8,11-15H2,1-2H3. The van der Waals surface area contributed by atoms with E-state index in [0.717, 1.165) is 48.9 Å².